The molecule has 2 N–H and O–H groups in total. The van der Waals surface area contributed by atoms with Gasteiger partial charge < -0.3 is 10.4 Å². The van der Waals surface area contributed by atoms with Gasteiger partial charge in [0.05, 0.1) is 5.69 Å². The number of benzene rings is 1. The highest BCUT2D eigenvalue weighted by molar-refractivity contribution is 5.92. The van der Waals surface area contributed by atoms with Gasteiger partial charge in [-0.25, -0.2) is 0 Å². The summed E-state index contributed by atoms with van der Waals surface area (Å²) in [5.41, 5.74) is 1.46. The number of phenolic OH excluding ortho intramolecular Hbond substituents is 1. The molecule has 2 rings (SSSR count). The van der Waals surface area contributed by atoms with Crippen LogP contribution in [0.15, 0.2) is 30.4 Å². The van der Waals surface area contributed by atoms with Gasteiger partial charge in [-0.3, -0.25) is 4.79 Å². The van der Waals surface area contributed by atoms with Gasteiger partial charge in [0.2, 0.25) is 5.91 Å². The Bertz CT molecular complexity index is 452. The average Bonchev–Trinajstić information content (AvgIpc) is 2.75. The zero-order valence-electron chi connectivity index (χ0n) is 9.94. The summed E-state index contributed by atoms with van der Waals surface area (Å²) in [4.78, 5) is 11.7. The van der Waals surface area contributed by atoms with Crippen molar-refractivity contribution in [2.45, 2.75) is 26.2 Å². The van der Waals surface area contributed by atoms with Crippen molar-refractivity contribution >= 4 is 11.6 Å². The lowest BCUT2D eigenvalue weighted by molar-refractivity contribution is -0.116. The standard InChI is InChI=1S/C14H17NO2/c1-10-6-7-12(13(16)8-10)15-14(17)9-11-4-2-3-5-11/h2,4,6-8,11,16H,3,5,9H2,1H3,(H,15,17)/t11-/m1/s1. The summed E-state index contributed by atoms with van der Waals surface area (Å²) in [6.07, 6.45) is 6.81. The van der Waals surface area contributed by atoms with Crippen molar-refractivity contribution in [3.8, 4) is 5.75 Å². The minimum absolute atomic E-state index is 0.0410. The summed E-state index contributed by atoms with van der Waals surface area (Å²) in [6.45, 7) is 1.90. The summed E-state index contributed by atoms with van der Waals surface area (Å²) >= 11 is 0. The van der Waals surface area contributed by atoms with Crippen molar-refractivity contribution in [3.05, 3.63) is 35.9 Å². The fraction of sp³-hybridized carbons (Fsp3) is 0.357. The van der Waals surface area contributed by atoms with Gasteiger partial charge in [0.25, 0.3) is 0 Å². The van der Waals surface area contributed by atoms with Gasteiger partial charge in [-0.05, 0) is 43.4 Å². The summed E-state index contributed by atoms with van der Waals surface area (Å²) in [7, 11) is 0. The van der Waals surface area contributed by atoms with Crippen LogP contribution in [-0.2, 0) is 4.79 Å². The number of aryl methyl sites for hydroxylation is 1. The van der Waals surface area contributed by atoms with Crippen molar-refractivity contribution in [1.82, 2.24) is 0 Å². The zero-order valence-corrected chi connectivity index (χ0v) is 9.94. The number of amides is 1. The molecule has 1 aromatic carbocycles. The molecule has 0 fully saturated rings. The highest BCUT2D eigenvalue weighted by Crippen LogP contribution is 2.25. The van der Waals surface area contributed by atoms with Crippen molar-refractivity contribution in [2.24, 2.45) is 5.92 Å². The summed E-state index contributed by atoms with van der Waals surface area (Å²) < 4.78 is 0. The van der Waals surface area contributed by atoms with E-state index in [-0.39, 0.29) is 11.7 Å². The fourth-order valence-electron chi connectivity index (χ4n) is 2.05. The second-order valence-electron chi connectivity index (χ2n) is 4.54. The molecule has 3 heteroatoms. The van der Waals surface area contributed by atoms with E-state index in [0.29, 0.717) is 18.0 Å². The van der Waals surface area contributed by atoms with Gasteiger partial charge in [-0.1, -0.05) is 18.2 Å². The largest absolute Gasteiger partial charge is 0.506 e. The van der Waals surface area contributed by atoms with E-state index in [2.05, 4.69) is 17.5 Å². The Labute approximate surface area is 101 Å². The molecular formula is C14H17NO2. The molecule has 3 nitrogen and oxygen atoms in total. The number of carbonyl (C=O) groups is 1. The molecule has 1 aliphatic carbocycles. The molecule has 0 saturated carbocycles. The normalized spacial score (nSPS) is 18.3. The molecule has 1 aliphatic rings. The quantitative estimate of drug-likeness (QED) is 0.620. The summed E-state index contributed by atoms with van der Waals surface area (Å²) in [6, 6.07) is 5.24. The van der Waals surface area contributed by atoms with Crippen LogP contribution >= 0.6 is 0 Å². The first-order chi connectivity index (χ1) is 8.15. The van der Waals surface area contributed by atoms with E-state index in [1.807, 2.05) is 13.0 Å². The minimum atomic E-state index is -0.0410. The number of nitrogens with one attached hydrogen (secondary N) is 1. The van der Waals surface area contributed by atoms with E-state index < -0.39 is 0 Å². The highest BCUT2D eigenvalue weighted by Gasteiger charge is 2.14. The molecule has 1 atom stereocenters. The summed E-state index contributed by atoms with van der Waals surface area (Å²) in [5, 5.41) is 12.4. The predicted molar refractivity (Wildman–Crippen MR) is 68.0 cm³/mol. The van der Waals surface area contributed by atoms with Crippen LogP contribution < -0.4 is 5.32 Å². The Morgan fingerprint density at radius 3 is 3.00 bits per heavy atom. The van der Waals surface area contributed by atoms with Crippen molar-refractivity contribution < 1.29 is 9.90 Å². The number of anilines is 1. The van der Waals surface area contributed by atoms with Crippen LogP contribution in [0.4, 0.5) is 5.69 Å². The van der Waals surface area contributed by atoms with Gasteiger partial charge in [-0.15, -0.1) is 0 Å². The van der Waals surface area contributed by atoms with Gasteiger partial charge >= 0.3 is 0 Å². The number of phenols is 1. The molecule has 0 aliphatic heterocycles. The molecule has 17 heavy (non-hydrogen) atoms. The molecule has 1 aromatic rings. The van der Waals surface area contributed by atoms with Crippen LogP contribution in [0.3, 0.4) is 0 Å². The lowest BCUT2D eigenvalue weighted by atomic mass is 10.0. The Morgan fingerprint density at radius 1 is 1.53 bits per heavy atom. The Hall–Kier alpha value is -1.77. The Balaban J connectivity index is 1.95. The Kier molecular flexibility index (Phi) is 3.47. The highest BCUT2D eigenvalue weighted by atomic mass is 16.3. The topological polar surface area (TPSA) is 49.3 Å². The molecule has 0 bridgehead atoms. The zero-order chi connectivity index (χ0) is 12.3. The molecular weight excluding hydrogens is 214 g/mol. The van der Waals surface area contributed by atoms with Crippen molar-refractivity contribution in [1.29, 1.82) is 0 Å². The van der Waals surface area contributed by atoms with Crippen LogP contribution in [0.5, 0.6) is 5.75 Å². The van der Waals surface area contributed by atoms with Crippen LogP contribution in [0, 0.1) is 12.8 Å². The SMILES string of the molecule is Cc1ccc(NC(=O)C[C@@H]2C=CCC2)c(O)c1. The lowest BCUT2D eigenvalue weighted by Gasteiger charge is -2.10. The molecule has 0 radical (unpaired) electrons. The molecule has 1 amide bonds. The molecule has 0 aromatic heterocycles. The van der Waals surface area contributed by atoms with Crippen LogP contribution in [0.2, 0.25) is 0 Å². The minimum Gasteiger partial charge on any atom is -0.506 e. The predicted octanol–water partition coefficient (Wildman–Crippen LogP) is 3.00. The molecule has 0 unspecified atom stereocenters. The molecule has 90 valence electrons. The third-order valence-corrected chi connectivity index (χ3v) is 2.99. The van der Waals surface area contributed by atoms with E-state index in [4.69, 9.17) is 0 Å². The van der Waals surface area contributed by atoms with E-state index in [1.165, 1.54) is 0 Å². The van der Waals surface area contributed by atoms with Crippen LogP contribution in [-0.4, -0.2) is 11.0 Å². The number of carbonyl (C=O) groups excluding carboxylic acids is 1. The maximum Gasteiger partial charge on any atom is 0.225 e. The summed E-state index contributed by atoms with van der Waals surface area (Å²) in [5.74, 6) is 0.434. The second-order valence-corrected chi connectivity index (χ2v) is 4.54. The number of allylic oxidation sites excluding steroid dienone is 2. The molecule has 0 saturated heterocycles. The average molecular weight is 231 g/mol. The van der Waals surface area contributed by atoms with Gasteiger partial charge in [0.15, 0.2) is 0 Å². The Morgan fingerprint density at radius 2 is 2.35 bits per heavy atom. The fourth-order valence-corrected chi connectivity index (χ4v) is 2.05. The number of hydrogen-bond acceptors (Lipinski definition) is 2. The third-order valence-electron chi connectivity index (χ3n) is 2.99. The van der Waals surface area contributed by atoms with Crippen molar-refractivity contribution in [3.63, 3.8) is 0 Å². The third kappa shape index (κ3) is 3.09. The monoisotopic (exact) mass is 231 g/mol. The first-order valence-corrected chi connectivity index (χ1v) is 5.91. The van der Waals surface area contributed by atoms with E-state index in [0.717, 1.165) is 18.4 Å². The molecule has 0 heterocycles. The maximum atomic E-state index is 11.7. The van der Waals surface area contributed by atoms with Gasteiger partial charge in [0.1, 0.15) is 5.75 Å². The molecule has 0 spiro atoms. The van der Waals surface area contributed by atoms with Crippen molar-refractivity contribution in [2.75, 3.05) is 5.32 Å². The maximum absolute atomic E-state index is 11.7. The van der Waals surface area contributed by atoms with E-state index >= 15 is 0 Å². The number of hydrogen-bond donors (Lipinski definition) is 2. The van der Waals surface area contributed by atoms with Crippen LogP contribution in [0.1, 0.15) is 24.8 Å². The van der Waals surface area contributed by atoms with E-state index in [1.54, 1.807) is 12.1 Å². The first kappa shape index (κ1) is 11.7. The second kappa shape index (κ2) is 5.04. The van der Waals surface area contributed by atoms with Crippen LogP contribution in [0.25, 0.3) is 0 Å². The lowest BCUT2D eigenvalue weighted by Crippen LogP contribution is -2.14. The van der Waals surface area contributed by atoms with Gasteiger partial charge in [0, 0.05) is 6.42 Å². The van der Waals surface area contributed by atoms with Gasteiger partial charge in [-0.2, -0.15) is 0 Å². The smallest absolute Gasteiger partial charge is 0.225 e. The number of aromatic hydroxyl groups is 1. The van der Waals surface area contributed by atoms with E-state index in [9.17, 15) is 9.90 Å². The first-order valence-electron chi connectivity index (χ1n) is 5.91. The number of rotatable bonds is 3.